The summed E-state index contributed by atoms with van der Waals surface area (Å²) < 4.78 is 0. The van der Waals surface area contributed by atoms with Crippen molar-refractivity contribution < 1.29 is 0 Å². The predicted molar refractivity (Wildman–Crippen MR) is 97.4 cm³/mol. The SMILES string of the molecule is Br.Clc1cccc(Cl)c1NC1=NCCN1Cc1cccs1. The average Bonchev–Trinajstić information content (AvgIpc) is 3.07. The summed E-state index contributed by atoms with van der Waals surface area (Å²) in [7, 11) is 0. The number of hydrogen-bond donors (Lipinski definition) is 1. The molecule has 0 unspecified atom stereocenters. The minimum Gasteiger partial charge on any atom is -0.336 e. The monoisotopic (exact) mass is 405 g/mol. The molecule has 1 aromatic heterocycles. The second-order valence-corrected chi connectivity index (χ2v) is 6.27. The van der Waals surface area contributed by atoms with Gasteiger partial charge in [-0.1, -0.05) is 35.3 Å². The molecule has 0 bridgehead atoms. The number of guanidine groups is 1. The van der Waals surface area contributed by atoms with Gasteiger partial charge in [0.2, 0.25) is 0 Å². The van der Waals surface area contributed by atoms with Crippen LogP contribution in [-0.4, -0.2) is 23.9 Å². The van der Waals surface area contributed by atoms with Gasteiger partial charge in [0, 0.05) is 11.4 Å². The number of para-hydroxylation sites is 1. The molecule has 2 aromatic rings. The smallest absolute Gasteiger partial charge is 0.199 e. The Morgan fingerprint density at radius 3 is 2.62 bits per heavy atom. The van der Waals surface area contributed by atoms with E-state index in [1.807, 2.05) is 18.2 Å². The molecular formula is C14H14BrCl2N3S. The van der Waals surface area contributed by atoms with E-state index in [9.17, 15) is 0 Å². The molecule has 0 aliphatic carbocycles. The molecule has 0 radical (unpaired) electrons. The Morgan fingerprint density at radius 2 is 1.95 bits per heavy atom. The molecule has 2 heterocycles. The molecule has 21 heavy (non-hydrogen) atoms. The van der Waals surface area contributed by atoms with Crippen LogP contribution in [-0.2, 0) is 6.54 Å². The van der Waals surface area contributed by atoms with E-state index in [0.29, 0.717) is 15.7 Å². The first kappa shape index (κ1) is 16.6. The van der Waals surface area contributed by atoms with Gasteiger partial charge in [0.1, 0.15) is 0 Å². The Kier molecular flexibility index (Phi) is 5.93. The van der Waals surface area contributed by atoms with E-state index in [0.717, 1.165) is 25.6 Å². The van der Waals surface area contributed by atoms with Crippen LogP contribution < -0.4 is 5.32 Å². The fourth-order valence-corrected chi connectivity index (χ4v) is 3.29. The maximum absolute atomic E-state index is 6.18. The molecule has 0 saturated heterocycles. The summed E-state index contributed by atoms with van der Waals surface area (Å²) in [4.78, 5) is 8.01. The lowest BCUT2D eigenvalue weighted by molar-refractivity contribution is 0.455. The van der Waals surface area contributed by atoms with Crippen LogP contribution in [0.4, 0.5) is 5.69 Å². The Morgan fingerprint density at radius 1 is 1.19 bits per heavy atom. The third-order valence-electron chi connectivity index (χ3n) is 3.06. The zero-order valence-electron chi connectivity index (χ0n) is 11.1. The molecule has 1 N–H and O–H groups in total. The molecule has 0 saturated carbocycles. The van der Waals surface area contributed by atoms with Gasteiger partial charge in [0.25, 0.3) is 0 Å². The summed E-state index contributed by atoms with van der Waals surface area (Å²) in [5, 5.41) is 6.54. The third-order valence-corrected chi connectivity index (χ3v) is 4.55. The van der Waals surface area contributed by atoms with Crippen molar-refractivity contribution in [1.82, 2.24) is 4.90 Å². The first-order chi connectivity index (χ1) is 9.74. The van der Waals surface area contributed by atoms with E-state index in [-0.39, 0.29) is 17.0 Å². The Bertz CT molecular complexity index is 611. The summed E-state index contributed by atoms with van der Waals surface area (Å²) >= 11 is 14.1. The molecule has 3 nitrogen and oxygen atoms in total. The lowest BCUT2D eigenvalue weighted by atomic mass is 10.3. The van der Waals surface area contributed by atoms with Crippen molar-refractivity contribution in [2.75, 3.05) is 18.4 Å². The summed E-state index contributed by atoms with van der Waals surface area (Å²) in [5.41, 5.74) is 0.715. The van der Waals surface area contributed by atoms with Crippen molar-refractivity contribution in [2.24, 2.45) is 4.99 Å². The van der Waals surface area contributed by atoms with Gasteiger partial charge in [-0.3, -0.25) is 4.99 Å². The molecule has 7 heteroatoms. The van der Waals surface area contributed by atoms with Gasteiger partial charge in [-0.2, -0.15) is 0 Å². The van der Waals surface area contributed by atoms with Gasteiger partial charge in [0.05, 0.1) is 28.8 Å². The van der Waals surface area contributed by atoms with Crippen LogP contribution in [0.2, 0.25) is 10.0 Å². The molecule has 0 spiro atoms. The number of anilines is 1. The number of nitrogens with one attached hydrogen (secondary N) is 1. The van der Waals surface area contributed by atoms with Crippen molar-refractivity contribution in [3.05, 3.63) is 50.6 Å². The maximum Gasteiger partial charge on any atom is 0.199 e. The summed E-state index contributed by atoms with van der Waals surface area (Å²) in [6, 6.07) is 9.65. The normalized spacial score (nSPS) is 13.8. The fraction of sp³-hybridized carbons (Fsp3) is 0.214. The van der Waals surface area contributed by atoms with E-state index in [1.54, 1.807) is 11.3 Å². The van der Waals surface area contributed by atoms with Gasteiger partial charge in [-0.25, -0.2) is 0 Å². The molecule has 1 aliphatic rings. The van der Waals surface area contributed by atoms with Crippen LogP contribution in [0.3, 0.4) is 0 Å². The van der Waals surface area contributed by atoms with Gasteiger partial charge in [-0.15, -0.1) is 28.3 Å². The number of thiophene rings is 1. The number of halogens is 3. The van der Waals surface area contributed by atoms with Crippen LogP contribution in [0, 0.1) is 0 Å². The highest BCUT2D eigenvalue weighted by Gasteiger charge is 2.19. The Hall–Kier alpha value is -0.750. The summed E-state index contributed by atoms with van der Waals surface area (Å²) in [5.74, 6) is 0.827. The topological polar surface area (TPSA) is 27.6 Å². The molecule has 0 fully saturated rings. The summed E-state index contributed by atoms with van der Waals surface area (Å²) in [6.07, 6.45) is 0. The van der Waals surface area contributed by atoms with Crippen molar-refractivity contribution in [3.8, 4) is 0 Å². The van der Waals surface area contributed by atoms with Crippen LogP contribution >= 0.6 is 51.5 Å². The standard InChI is InChI=1S/C14H13Cl2N3S.BrH/c15-11-4-1-5-12(16)13(11)18-14-17-6-7-19(14)9-10-3-2-8-20-10;/h1-5,8H,6-7,9H2,(H,17,18);1H. The molecule has 1 aromatic carbocycles. The number of rotatable bonds is 3. The quantitative estimate of drug-likeness (QED) is 0.783. The lowest BCUT2D eigenvalue weighted by Gasteiger charge is -2.21. The van der Waals surface area contributed by atoms with Crippen LogP contribution in [0.5, 0.6) is 0 Å². The lowest BCUT2D eigenvalue weighted by Crippen LogP contribution is -2.32. The molecule has 0 amide bonds. The molecule has 0 atom stereocenters. The highest BCUT2D eigenvalue weighted by atomic mass is 79.9. The second-order valence-electron chi connectivity index (χ2n) is 4.43. The van der Waals surface area contributed by atoms with E-state index >= 15 is 0 Å². The van der Waals surface area contributed by atoms with Crippen molar-refractivity contribution in [3.63, 3.8) is 0 Å². The van der Waals surface area contributed by atoms with Crippen LogP contribution in [0.15, 0.2) is 40.7 Å². The fourth-order valence-electron chi connectivity index (χ4n) is 2.07. The highest BCUT2D eigenvalue weighted by Crippen LogP contribution is 2.30. The molecule has 112 valence electrons. The van der Waals surface area contributed by atoms with Gasteiger partial charge in [-0.05, 0) is 23.6 Å². The van der Waals surface area contributed by atoms with E-state index < -0.39 is 0 Å². The van der Waals surface area contributed by atoms with Crippen molar-refractivity contribution in [1.29, 1.82) is 0 Å². The van der Waals surface area contributed by atoms with Crippen LogP contribution in [0.25, 0.3) is 0 Å². The minimum absolute atomic E-state index is 0. The number of benzene rings is 1. The predicted octanol–water partition coefficient (Wildman–Crippen LogP) is 4.92. The maximum atomic E-state index is 6.18. The largest absolute Gasteiger partial charge is 0.336 e. The Balaban J connectivity index is 0.00000161. The number of aliphatic imine (C=N–C) groups is 1. The minimum atomic E-state index is 0. The van der Waals surface area contributed by atoms with E-state index in [4.69, 9.17) is 23.2 Å². The average molecular weight is 407 g/mol. The van der Waals surface area contributed by atoms with Crippen LogP contribution in [0.1, 0.15) is 4.88 Å². The van der Waals surface area contributed by atoms with Gasteiger partial charge < -0.3 is 10.2 Å². The summed E-state index contributed by atoms with van der Waals surface area (Å²) in [6.45, 7) is 2.55. The third kappa shape index (κ3) is 3.92. The number of nitrogens with zero attached hydrogens (tertiary/aromatic N) is 2. The zero-order chi connectivity index (χ0) is 13.9. The van der Waals surface area contributed by atoms with Gasteiger partial charge >= 0.3 is 0 Å². The molecule has 1 aliphatic heterocycles. The highest BCUT2D eigenvalue weighted by molar-refractivity contribution is 8.93. The number of hydrogen-bond acceptors (Lipinski definition) is 4. The molecular weight excluding hydrogens is 393 g/mol. The first-order valence-corrected chi connectivity index (χ1v) is 7.90. The van der Waals surface area contributed by atoms with E-state index in [1.165, 1.54) is 4.88 Å². The second kappa shape index (κ2) is 7.49. The molecule has 3 rings (SSSR count). The van der Waals surface area contributed by atoms with Crippen molar-refractivity contribution >= 4 is 63.2 Å². The first-order valence-electron chi connectivity index (χ1n) is 6.27. The van der Waals surface area contributed by atoms with Crippen molar-refractivity contribution in [2.45, 2.75) is 6.54 Å². The zero-order valence-corrected chi connectivity index (χ0v) is 15.1. The van der Waals surface area contributed by atoms with E-state index in [2.05, 4.69) is 32.7 Å². The van der Waals surface area contributed by atoms with Gasteiger partial charge in [0.15, 0.2) is 5.96 Å². The Labute approximate surface area is 148 Å².